The lowest BCUT2D eigenvalue weighted by Gasteiger charge is -2.40. The minimum Gasteiger partial charge on any atom is -0.339 e. The number of para-hydroxylation sites is 1. The lowest BCUT2D eigenvalue weighted by molar-refractivity contribution is -0.143. The number of carbonyl (C=O) groups is 2. The van der Waals surface area contributed by atoms with Gasteiger partial charge < -0.3 is 9.80 Å². The molecule has 2 aromatic heterocycles. The second-order valence-corrected chi connectivity index (χ2v) is 13.8. The van der Waals surface area contributed by atoms with Crippen LogP contribution in [0.5, 0.6) is 0 Å². The first-order valence-corrected chi connectivity index (χ1v) is 15.7. The summed E-state index contributed by atoms with van der Waals surface area (Å²) in [4.78, 5) is 30.9. The van der Waals surface area contributed by atoms with Crippen molar-refractivity contribution in [2.75, 3.05) is 25.4 Å². The van der Waals surface area contributed by atoms with Crippen molar-refractivity contribution < 1.29 is 9.59 Å². The van der Waals surface area contributed by atoms with E-state index in [1.54, 1.807) is 23.1 Å². The Labute approximate surface area is 241 Å². The van der Waals surface area contributed by atoms with Crippen LogP contribution in [0.4, 0.5) is 0 Å². The lowest BCUT2D eigenvalue weighted by Crippen LogP contribution is -2.55. The summed E-state index contributed by atoms with van der Waals surface area (Å²) in [6, 6.07) is 14.3. The van der Waals surface area contributed by atoms with Crippen LogP contribution in [0, 0.1) is 11.3 Å². The molecule has 1 aromatic carbocycles. The molecule has 0 saturated carbocycles. The van der Waals surface area contributed by atoms with Gasteiger partial charge in [0.05, 0.1) is 4.88 Å². The van der Waals surface area contributed by atoms with Crippen LogP contribution in [0.2, 0.25) is 0 Å². The summed E-state index contributed by atoms with van der Waals surface area (Å²) < 4.78 is 2.10. The average Bonchev–Trinajstić information content (AvgIpc) is 3.55. The molecule has 1 aliphatic heterocycles. The minimum atomic E-state index is 0.0477. The first-order chi connectivity index (χ1) is 18.6. The summed E-state index contributed by atoms with van der Waals surface area (Å²) in [7, 11) is 0. The third kappa shape index (κ3) is 7.94. The summed E-state index contributed by atoms with van der Waals surface area (Å²) >= 11 is 3.28. The number of hydrogen-bond acceptors (Lipinski definition) is 6. The number of aromatic nitrogens is 3. The summed E-state index contributed by atoms with van der Waals surface area (Å²) in [5.74, 6) is 2.35. The number of thioether (sulfide) groups is 1. The Balaban J connectivity index is 1.27. The number of amides is 2. The standard InChI is InChI=1S/C30H41N5O2S2/c1-22(20-30(3,4)5)19-27(37)34-16-15-33(21-23(34)2)26(36)14-10-18-39-29-32-31-28(25-13-9-17-38-25)35(29)24-11-7-6-8-12-24/h6-9,11-13,17,22-23H,10,14-16,18-21H2,1-5H3. The fourth-order valence-electron chi connectivity index (χ4n) is 5.37. The number of piperazine rings is 1. The molecule has 3 heterocycles. The molecule has 0 N–H and O–H groups in total. The predicted octanol–water partition coefficient (Wildman–Crippen LogP) is 6.39. The summed E-state index contributed by atoms with van der Waals surface area (Å²) in [6.07, 6.45) is 2.86. The van der Waals surface area contributed by atoms with E-state index in [0.717, 1.165) is 40.1 Å². The fourth-order valence-corrected chi connectivity index (χ4v) is 6.96. The van der Waals surface area contributed by atoms with Gasteiger partial charge in [-0.3, -0.25) is 14.2 Å². The molecular weight excluding hydrogens is 526 g/mol. The second kappa shape index (κ2) is 13.1. The van der Waals surface area contributed by atoms with Gasteiger partial charge in [0.15, 0.2) is 11.0 Å². The Kier molecular flexibility index (Phi) is 9.88. The van der Waals surface area contributed by atoms with Crippen LogP contribution >= 0.6 is 23.1 Å². The molecule has 2 unspecified atom stereocenters. The van der Waals surface area contributed by atoms with E-state index in [9.17, 15) is 9.59 Å². The molecule has 0 spiro atoms. The number of thiophene rings is 1. The first kappa shape index (κ1) is 29.3. The van der Waals surface area contributed by atoms with E-state index in [2.05, 4.69) is 67.6 Å². The monoisotopic (exact) mass is 567 g/mol. The molecule has 1 fully saturated rings. The van der Waals surface area contributed by atoms with E-state index in [0.29, 0.717) is 38.4 Å². The van der Waals surface area contributed by atoms with Gasteiger partial charge in [0.2, 0.25) is 11.8 Å². The number of carbonyl (C=O) groups excluding carboxylic acids is 2. The largest absolute Gasteiger partial charge is 0.339 e. The average molecular weight is 568 g/mol. The third-order valence-corrected chi connectivity index (χ3v) is 8.82. The summed E-state index contributed by atoms with van der Waals surface area (Å²) in [6.45, 7) is 12.7. The molecule has 2 amide bonds. The van der Waals surface area contributed by atoms with Crippen LogP contribution in [-0.2, 0) is 9.59 Å². The van der Waals surface area contributed by atoms with Crippen LogP contribution < -0.4 is 0 Å². The number of hydrogen-bond donors (Lipinski definition) is 0. The maximum absolute atomic E-state index is 13.0. The van der Waals surface area contributed by atoms with Gasteiger partial charge in [-0.25, -0.2) is 0 Å². The molecular formula is C30H41N5O2S2. The maximum atomic E-state index is 13.0. The molecule has 9 heteroatoms. The lowest BCUT2D eigenvalue weighted by atomic mass is 9.84. The molecule has 4 rings (SSSR count). The van der Waals surface area contributed by atoms with E-state index < -0.39 is 0 Å². The van der Waals surface area contributed by atoms with Gasteiger partial charge in [0.1, 0.15) is 0 Å². The predicted molar refractivity (Wildman–Crippen MR) is 160 cm³/mol. The highest BCUT2D eigenvalue weighted by Gasteiger charge is 2.30. The topological polar surface area (TPSA) is 71.3 Å². The first-order valence-electron chi connectivity index (χ1n) is 13.9. The van der Waals surface area contributed by atoms with Crippen LogP contribution in [0.3, 0.4) is 0 Å². The molecule has 1 aliphatic rings. The Morgan fingerprint density at radius 1 is 1.08 bits per heavy atom. The van der Waals surface area contributed by atoms with Crippen molar-refractivity contribution in [3.05, 3.63) is 47.8 Å². The van der Waals surface area contributed by atoms with Crippen molar-refractivity contribution in [3.63, 3.8) is 0 Å². The smallest absolute Gasteiger partial charge is 0.223 e. The highest BCUT2D eigenvalue weighted by atomic mass is 32.2. The molecule has 7 nitrogen and oxygen atoms in total. The van der Waals surface area contributed by atoms with Crippen LogP contribution in [0.1, 0.15) is 60.3 Å². The van der Waals surface area contributed by atoms with E-state index in [-0.39, 0.29) is 23.3 Å². The van der Waals surface area contributed by atoms with E-state index in [1.165, 1.54) is 0 Å². The quantitative estimate of drug-likeness (QED) is 0.210. The molecule has 39 heavy (non-hydrogen) atoms. The zero-order chi connectivity index (χ0) is 28.0. The number of rotatable bonds is 10. The number of nitrogens with zero attached hydrogens (tertiary/aromatic N) is 5. The van der Waals surface area contributed by atoms with Crippen LogP contribution in [0.15, 0.2) is 53.0 Å². The van der Waals surface area contributed by atoms with Crippen molar-refractivity contribution >= 4 is 34.9 Å². The van der Waals surface area contributed by atoms with Crippen molar-refractivity contribution in [1.29, 1.82) is 0 Å². The zero-order valence-electron chi connectivity index (χ0n) is 23.8. The SMILES string of the molecule is CC(CC(=O)N1CCN(C(=O)CCCSc2nnc(-c3cccs3)n2-c2ccccc2)CC1C)CC(C)(C)C. The normalized spacial score (nSPS) is 16.9. The molecule has 0 bridgehead atoms. The molecule has 0 aliphatic carbocycles. The van der Waals surface area contributed by atoms with Gasteiger partial charge >= 0.3 is 0 Å². The van der Waals surface area contributed by atoms with Gasteiger partial charge in [0.25, 0.3) is 0 Å². The van der Waals surface area contributed by atoms with Gasteiger partial charge in [0, 0.05) is 50.0 Å². The Morgan fingerprint density at radius 2 is 1.85 bits per heavy atom. The third-order valence-electron chi connectivity index (χ3n) is 6.94. The van der Waals surface area contributed by atoms with Gasteiger partial charge in [-0.05, 0) is 54.7 Å². The van der Waals surface area contributed by atoms with E-state index >= 15 is 0 Å². The molecule has 0 radical (unpaired) electrons. The summed E-state index contributed by atoms with van der Waals surface area (Å²) in [5, 5.41) is 11.8. The zero-order valence-corrected chi connectivity index (χ0v) is 25.4. The molecule has 210 valence electrons. The van der Waals surface area contributed by atoms with Gasteiger partial charge in [-0.15, -0.1) is 21.5 Å². The van der Waals surface area contributed by atoms with E-state index in [1.807, 2.05) is 39.4 Å². The number of benzene rings is 1. The molecule has 3 aromatic rings. The van der Waals surface area contributed by atoms with Crippen LogP contribution in [-0.4, -0.2) is 67.8 Å². The van der Waals surface area contributed by atoms with E-state index in [4.69, 9.17) is 0 Å². The Morgan fingerprint density at radius 3 is 2.51 bits per heavy atom. The Hall–Kier alpha value is -2.65. The second-order valence-electron chi connectivity index (χ2n) is 11.8. The highest BCUT2D eigenvalue weighted by molar-refractivity contribution is 7.99. The fraction of sp³-hybridized carbons (Fsp3) is 0.533. The molecule has 2 atom stereocenters. The Bertz CT molecular complexity index is 1220. The van der Waals surface area contributed by atoms with Gasteiger partial charge in [-0.1, -0.05) is 63.7 Å². The van der Waals surface area contributed by atoms with Gasteiger partial charge in [-0.2, -0.15) is 0 Å². The minimum absolute atomic E-state index is 0.0477. The van der Waals surface area contributed by atoms with Crippen molar-refractivity contribution in [2.24, 2.45) is 11.3 Å². The van der Waals surface area contributed by atoms with Crippen LogP contribution in [0.25, 0.3) is 16.4 Å². The van der Waals surface area contributed by atoms with Crippen molar-refractivity contribution in [2.45, 2.75) is 71.5 Å². The van der Waals surface area contributed by atoms with Crippen molar-refractivity contribution in [1.82, 2.24) is 24.6 Å². The summed E-state index contributed by atoms with van der Waals surface area (Å²) in [5.41, 5.74) is 1.25. The molecule has 1 saturated heterocycles. The highest BCUT2D eigenvalue weighted by Crippen LogP contribution is 2.31. The maximum Gasteiger partial charge on any atom is 0.223 e. The van der Waals surface area contributed by atoms with Crippen molar-refractivity contribution in [3.8, 4) is 16.4 Å².